The average Bonchev–Trinajstić information content (AvgIpc) is 3.18. The summed E-state index contributed by atoms with van der Waals surface area (Å²) in [6.07, 6.45) is 0. The van der Waals surface area contributed by atoms with E-state index in [-0.39, 0.29) is 5.96 Å². The summed E-state index contributed by atoms with van der Waals surface area (Å²) in [5.74, 6) is 1.83. The van der Waals surface area contributed by atoms with Crippen LogP contribution < -0.4 is 16.8 Å². The summed E-state index contributed by atoms with van der Waals surface area (Å²) in [5.41, 5.74) is 12.8. The molecule has 23 heavy (non-hydrogen) atoms. The van der Waals surface area contributed by atoms with Gasteiger partial charge in [-0.15, -0.1) is 23.1 Å². The fraction of sp³-hybridized carbons (Fsp3) is 0.214. The lowest BCUT2D eigenvalue weighted by atomic mass is 10.3. The molecule has 9 heteroatoms. The minimum Gasteiger partial charge on any atom is -0.370 e. The second-order valence-corrected chi connectivity index (χ2v) is 7.54. The Morgan fingerprint density at radius 2 is 2.22 bits per heavy atom. The number of hydrogen-bond donors (Lipinski definition) is 3. The van der Waals surface area contributed by atoms with Crippen LogP contribution in [0.2, 0.25) is 0 Å². The summed E-state index contributed by atoms with van der Waals surface area (Å²) in [7, 11) is 0. The zero-order valence-electron chi connectivity index (χ0n) is 12.2. The maximum atomic E-state index is 5.36. The van der Waals surface area contributed by atoms with Crippen molar-refractivity contribution in [3.8, 4) is 0 Å². The third-order valence-corrected chi connectivity index (χ3v) is 5.64. The van der Waals surface area contributed by atoms with E-state index in [4.69, 9.17) is 11.5 Å². The van der Waals surface area contributed by atoms with Crippen molar-refractivity contribution < 1.29 is 0 Å². The highest BCUT2D eigenvalue weighted by atomic mass is 32.2. The predicted octanol–water partition coefficient (Wildman–Crippen LogP) is 2.86. The van der Waals surface area contributed by atoms with Crippen LogP contribution in [0.25, 0.3) is 0 Å². The van der Waals surface area contributed by atoms with E-state index in [2.05, 4.69) is 32.4 Å². The third kappa shape index (κ3) is 4.63. The molecule has 0 unspecified atom stereocenters. The van der Waals surface area contributed by atoms with Crippen LogP contribution in [-0.2, 0) is 5.75 Å². The highest BCUT2D eigenvalue weighted by molar-refractivity contribution is 8.14. The minimum atomic E-state index is 0.0305. The molecule has 120 valence electrons. The standard InChI is InChI=1S/C14H16N6S3/c15-12(16)20-14-18-9(8-23-14)7-22-11-4-2-1-3-10(11)19-13-17-5-6-21-13/h1-4,8H,5-7H2,(H,17,19)(H4,15,16,18,20). The number of nitrogens with two attached hydrogens (primary N) is 2. The second kappa shape index (κ2) is 7.71. The van der Waals surface area contributed by atoms with Gasteiger partial charge in [0.15, 0.2) is 11.1 Å². The van der Waals surface area contributed by atoms with Crippen LogP contribution in [0.1, 0.15) is 5.69 Å². The molecule has 0 fully saturated rings. The van der Waals surface area contributed by atoms with Crippen LogP contribution in [0.4, 0.5) is 10.8 Å². The van der Waals surface area contributed by atoms with Crippen LogP contribution in [0.3, 0.4) is 0 Å². The molecule has 3 rings (SSSR count). The number of aliphatic imine (C=N–C) groups is 2. The van der Waals surface area contributed by atoms with E-state index >= 15 is 0 Å². The first-order valence-corrected chi connectivity index (χ1v) is 9.76. The molecule has 0 spiro atoms. The molecule has 0 saturated heterocycles. The van der Waals surface area contributed by atoms with Crippen LogP contribution in [0.5, 0.6) is 0 Å². The Morgan fingerprint density at radius 3 is 3.00 bits per heavy atom. The molecule has 0 saturated carbocycles. The number of aromatic nitrogens is 1. The third-order valence-electron chi connectivity index (χ3n) is 2.85. The number of para-hydroxylation sites is 1. The Balaban J connectivity index is 1.66. The lowest BCUT2D eigenvalue weighted by Crippen LogP contribution is -2.21. The fourth-order valence-corrected chi connectivity index (χ4v) is 4.35. The van der Waals surface area contributed by atoms with Gasteiger partial charge in [0.05, 0.1) is 17.9 Å². The van der Waals surface area contributed by atoms with Crippen LogP contribution >= 0.6 is 34.9 Å². The molecule has 1 aromatic carbocycles. The van der Waals surface area contributed by atoms with Gasteiger partial charge in [0.25, 0.3) is 0 Å². The maximum Gasteiger partial charge on any atom is 0.212 e. The van der Waals surface area contributed by atoms with E-state index < -0.39 is 0 Å². The molecule has 6 nitrogen and oxygen atoms in total. The number of anilines is 1. The number of amidine groups is 1. The first-order chi connectivity index (χ1) is 11.2. The normalized spacial score (nSPS) is 13.7. The molecule has 0 radical (unpaired) electrons. The first-order valence-electron chi connectivity index (χ1n) is 6.91. The fourth-order valence-electron chi connectivity index (χ4n) is 1.90. The van der Waals surface area contributed by atoms with Gasteiger partial charge in [-0.3, -0.25) is 4.99 Å². The van der Waals surface area contributed by atoms with Gasteiger partial charge in [0, 0.05) is 21.8 Å². The van der Waals surface area contributed by atoms with Crippen molar-refractivity contribution in [3.05, 3.63) is 35.3 Å². The predicted molar refractivity (Wildman–Crippen MR) is 102 cm³/mol. The van der Waals surface area contributed by atoms with Crippen molar-refractivity contribution in [2.24, 2.45) is 21.5 Å². The molecule has 0 aliphatic carbocycles. The average molecular weight is 365 g/mol. The summed E-state index contributed by atoms with van der Waals surface area (Å²) < 4.78 is 0. The number of nitrogens with one attached hydrogen (secondary N) is 1. The number of hydrogen-bond acceptors (Lipinski definition) is 7. The van der Waals surface area contributed by atoms with Gasteiger partial charge in [-0.2, -0.15) is 4.99 Å². The van der Waals surface area contributed by atoms with E-state index in [9.17, 15) is 0 Å². The van der Waals surface area contributed by atoms with Crippen LogP contribution in [0, 0.1) is 0 Å². The number of rotatable bonds is 5. The summed E-state index contributed by atoms with van der Waals surface area (Å²) in [6.45, 7) is 0.884. The maximum absolute atomic E-state index is 5.36. The van der Waals surface area contributed by atoms with E-state index in [0.29, 0.717) is 5.13 Å². The van der Waals surface area contributed by atoms with Gasteiger partial charge in [-0.1, -0.05) is 23.9 Å². The Hall–Kier alpha value is -1.71. The van der Waals surface area contributed by atoms with Gasteiger partial charge in [-0.25, -0.2) is 4.98 Å². The monoisotopic (exact) mass is 364 g/mol. The minimum absolute atomic E-state index is 0.0305. The van der Waals surface area contributed by atoms with Gasteiger partial charge in [0.1, 0.15) is 0 Å². The van der Waals surface area contributed by atoms with Crippen molar-refractivity contribution in [1.29, 1.82) is 0 Å². The summed E-state index contributed by atoms with van der Waals surface area (Å²) in [5, 5.41) is 6.94. The highest BCUT2D eigenvalue weighted by Crippen LogP contribution is 2.32. The Labute approximate surface area is 146 Å². The summed E-state index contributed by atoms with van der Waals surface area (Å²) in [4.78, 5) is 14.0. The first kappa shape index (κ1) is 16.2. The highest BCUT2D eigenvalue weighted by Gasteiger charge is 2.10. The van der Waals surface area contributed by atoms with Gasteiger partial charge in [0.2, 0.25) is 5.13 Å². The lowest BCUT2D eigenvalue weighted by molar-refractivity contribution is 1.17. The molecule has 0 amide bonds. The number of thiazole rings is 1. The lowest BCUT2D eigenvalue weighted by Gasteiger charge is -2.10. The van der Waals surface area contributed by atoms with Crippen molar-refractivity contribution >= 4 is 56.8 Å². The Bertz CT molecular complexity index is 736. The molecule has 1 aliphatic heterocycles. The molecule has 0 atom stereocenters. The van der Waals surface area contributed by atoms with Gasteiger partial charge in [-0.05, 0) is 12.1 Å². The summed E-state index contributed by atoms with van der Waals surface area (Å²) >= 11 is 4.91. The van der Waals surface area contributed by atoms with Gasteiger partial charge < -0.3 is 16.8 Å². The molecule has 1 aliphatic rings. The molecule has 5 N–H and O–H groups in total. The van der Waals surface area contributed by atoms with Crippen molar-refractivity contribution in [1.82, 2.24) is 4.98 Å². The second-order valence-electron chi connectivity index (χ2n) is 4.60. The number of nitrogens with zero attached hydrogens (tertiary/aromatic N) is 3. The van der Waals surface area contributed by atoms with Crippen LogP contribution in [-0.4, -0.2) is 28.4 Å². The zero-order valence-corrected chi connectivity index (χ0v) is 14.7. The van der Waals surface area contributed by atoms with Gasteiger partial charge >= 0.3 is 0 Å². The molecule has 0 bridgehead atoms. The zero-order chi connectivity index (χ0) is 16.1. The summed E-state index contributed by atoms with van der Waals surface area (Å²) in [6, 6.07) is 8.21. The number of benzene rings is 1. The van der Waals surface area contributed by atoms with E-state index in [1.807, 2.05) is 17.5 Å². The van der Waals surface area contributed by atoms with Crippen molar-refractivity contribution in [2.45, 2.75) is 10.6 Å². The molecule has 1 aromatic heterocycles. The molecule has 2 aromatic rings. The van der Waals surface area contributed by atoms with E-state index in [1.54, 1.807) is 23.5 Å². The van der Waals surface area contributed by atoms with Crippen molar-refractivity contribution in [2.75, 3.05) is 17.6 Å². The quantitative estimate of drug-likeness (QED) is 0.428. The SMILES string of the molecule is NC(N)=Nc1nc(CSc2ccccc2NC2=NCCS2)cs1. The van der Waals surface area contributed by atoms with Crippen LogP contribution in [0.15, 0.2) is 44.5 Å². The molecular weight excluding hydrogens is 348 g/mol. The Morgan fingerprint density at radius 1 is 1.35 bits per heavy atom. The largest absolute Gasteiger partial charge is 0.370 e. The number of thioether (sulfide) groups is 2. The topological polar surface area (TPSA) is 102 Å². The van der Waals surface area contributed by atoms with E-state index in [1.165, 1.54) is 16.2 Å². The number of guanidine groups is 1. The molecular formula is C14H16N6S3. The van der Waals surface area contributed by atoms with Crippen molar-refractivity contribution in [3.63, 3.8) is 0 Å². The van der Waals surface area contributed by atoms with E-state index in [0.717, 1.165) is 34.6 Å². The molecule has 2 heterocycles. The smallest absolute Gasteiger partial charge is 0.212 e. The Kier molecular flexibility index (Phi) is 5.42.